The highest BCUT2D eigenvalue weighted by Gasteiger charge is 2.00. The standard InChI is InChI=1S/C13H24N4S/c1-5-17(4)9-8-15-13(14-3)16-10-12-7-6-11(2)18-12/h6-7H,5,8-10H2,1-4H3,(H2,14,15,16). The molecule has 102 valence electrons. The second-order valence-corrected chi connectivity index (χ2v) is 5.63. The van der Waals surface area contributed by atoms with Crippen molar-refractivity contribution in [3.8, 4) is 0 Å². The van der Waals surface area contributed by atoms with Gasteiger partial charge >= 0.3 is 0 Å². The first-order valence-electron chi connectivity index (χ1n) is 6.34. The molecule has 0 aliphatic heterocycles. The minimum Gasteiger partial charge on any atom is -0.355 e. The Morgan fingerprint density at radius 1 is 1.39 bits per heavy atom. The zero-order chi connectivity index (χ0) is 13.4. The monoisotopic (exact) mass is 268 g/mol. The molecule has 0 atom stereocenters. The van der Waals surface area contributed by atoms with Crippen molar-refractivity contribution in [1.29, 1.82) is 0 Å². The Hall–Kier alpha value is -1.07. The van der Waals surface area contributed by atoms with Crippen LogP contribution in [0.2, 0.25) is 0 Å². The number of guanidine groups is 1. The van der Waals surface area contributed by atoms with Gasteiger partial charge in [0.05, 0.1) is 6.54 Å². The molecule has 0 bridgehead atoms. The zero-order valence-electron chi connectivity index (χ0n) is 11.8. The number of aryl methyl sites for hydroxylation is 1. The molecule has 0 aliphatic carbocycles. The molecule has 0 saturated heterocycles. The molecule has 18 heavy (non-hydrogen) atoms. The van der Waals surface area contributed by atoms with Crippen molar-refractivity contribution in [3.05, 3.63) is 21.9 Å². The second-order valence-electron chi connectivity index (χ2n) is 4.26. The van der Waals surface area contributed by atoms with Crippen molar-refractivity contribution >= 4 is 17.3 Å². The minimum absolute atomic E-state index is 0.835. The molecule has 0 fully saturated rings. The molecular weight excluding hydrogens is 244 g/mol. The van der Waals surface area contributed by atoms with Gasteiger partial charge in [0.15, 0.2) is 5.96 Å². The van der Waals surface area contributed by atoms with Crippen molar-refractivity contribution in [1.82, 2.24) is 15.5 Å². The fourth-order valence-corrected chi connectivity index (χ4v) is 2.32. The number of nitrogens with zero attached hydrogens (tertiary/aromatic N) is 2. The highest BCUT2D eigenvalue weighted by Crippen LogP contribution is 2.14. The summed E-state index contributed by atoms with van der Waals surface area (Å²) in [6, 6.07) is 4.30. The maximum absolute atomic E-state index is 4.21. The molecule has 2 N–H and O–H groups in total. The third kappa shape index (κ3) is 5.51. The van der Waals surface area contributed by atoms with Gasteiger partial charge in [-0.05, 0) is 32.6 Å². The first-order valence-corrected chi connectivity index (χ1v) is 7.15. The first kappa shape index (κ1) is 15.0. The van der Waals surface area contributed by atoms with Gasteiger partial charge in [-0.2, -0.15) is 0 Å². The summed E-state index contributed by atoms with van der Waals surface area (Å²) in [4.78, 5) is 9.16. The predicted molar refractivity (Wildman–Crippen MR) is 80.4 cm³/mol. The smallest absolute Gasteiger partial charge is 0.191 e. The van der Waals surface area contributed by atoms with Gasteiger partial charge in [0.2, 0.25) is 0 Å². The number of hydrogen-bond acceptors (Lipinski definition) is 3. The van der Waals surface area contributed by atoms with E-state index in [2.05, 4.69) is 53.6 Å². The van der Waals surface area contributed by atoms with Crippen LogP contribution in [0.4, 0.5) is 0 Å². The van der Waals surface area contributed by atoms with Crippen molar-refractivity contribution in [2.24, 2.45) is 4.99 Å². The average molecular weight is 268 g/mol. The molecule has 4 nitrogen and oxygen atoms in total. The maximum Gasteiger partial charge on any atom is 0.191 e. The summed E-state index contributed by atoms with van der Waals surface area (Å²) in [6.07, 6.45) is 0. The first-order chi connectivity index (χ1) is 8.65. The summed E-state index contributed by atoms with van der Waals surface area (Å²) >= 11 is 1.82. The van der Waals surface area contributed by atoms with E-state index < -0.39 is 0 Å². The van der Waals surface area contributed by atoms with E-state index in [0.29, 0.717) is 0 Å². The molecule has 0 aromatic carbocycles. The van der Waals surface area contributed by atoms with Gasteiger partial charge in [0.25, 0.3) is 0 Å². The summed E-state index contributed by atoms with van der Waals surface area (Å²) in [5.74, 6) is 0.866. The third-order valence-electron chi connectivity index (χ3n) is 2.78. The summed E-state index contributed by atoms with van der Waals surface area (Å²) < 4.78 is 0. The number of likely N-dealkylation sites (N-methyl/N-ethyl adjacent to an activating group) is 1. The molecule has 0 aliphatic rings. The lowest BCUT2D eigenvalue weighted by atomic mass is 10.4. The van der Waals surface area contributed by atoms with Crippen LogP contribution in [0.25, 0.3) is 0 Å². The van der Waals surface area contributed by atoms with E-state index in [-0.39, 0.29) is 0 Å². The lowest BCUT2D eigenvalue weighted by Gasteiger charge is -2.16. The van der Waals surface area contributed by atoms with Gasteiger partial charge in [-0.1, -0.05) is 6.92 Å². The Kier molecular flexibility index (Phi) is 6.75. The maximum atomic E-state index is 4.21. The van der Waals surface area contributed by atoms with Crippen LogP contribution in [0.15, 0.2) is 17.1 Å². The molecule has 1 heterocycles. The third-order valence-corrected chi connectivity index (χ3v) is 3.78. The van der Waals surface area contributed by atoms with E-state index in [1.165, 1.54) is 9.75 Å². The summed E-state index contributed by atoms with van der Waals surface area (Å²) in [7, 11) is 3.92. The van der Waals surface area contributed by atoms with E-state index in [4.69, 9.17) is 0 Å². The van der Waals surface area contributed by atoms with E-state index in [0.717, 1.165) is 32.1 Å². The van der Waals surface area contributed by atoms with Crippen molar-refractivity contribution in [2.75, 3.05) is 33.7 Å². The summed E-state index contributed by atoms with van der Waals surface area (Å²) in [6.45, 7) is 8.13. The van der Waals surface area contributed by atoms with Crippen LogP contribution in [0.5, 0.6) is 0 Å². The number of thiophene rings is 1. The van der Waals surface area contributed by atoms with Crippen LogP contribution in [0, 0.1) is 6.92 Å². The Morgan fingerprint density at radius 3 is 2.72 bits per heavy atom. The van der Waals surface area contributed by atoms with Crippen molar-refractivity contribution in [3.63, 3.8) is 0 Å². The Morgan fingerprint density at radius 2 is 2.17 bits per heavy atom. The largest absolute Gasteiger partial charge is 0.355 e. The Labute approximate surface area is 114 Å². The molecule has 0 spiro atoms. The second kappa shape index (κ2) is 8.11. The van der Waals surface area contributed by atoms with E-state index >= 15 is 0 Å². The van der Waals surface area contributed by atoms with E-state index in [1.807, 2.05) is 11.3 Å². The lowest BCUT2D eigenvalue weighted by molar-refractivity contribution is 0.357. The Balaban J connectivity index is 2.26. The van der Waals surface area contributed by atoms with Gasteiger partial charge < -0.3 is 15.5 Å². The minimum atomic E-state index is 0.835. The van der Waals surface area contributed by atoms with Gasteiger partial charge in [0, 0.05) is 29.9 Å². The van der Waals surface area contributed by atoms with E-state index in [1.54, 1.807) is 7.05 Å². The molecule has 0 unspecified atom stereocenters. The summed E-state index contributed by atoms with van der Waals surface area (Å²) in [5.41, 5.74) is 0. The van der Waals surface area contributed by atoms with Gasteiger partial charge in [0.1, 0.15) is 0 Å². The Bertz CT molecular complexity index is 373. The highest BCUT2D eigenvalue weighted by molar-refractivity contribution is 7.11. The topological polar surface area (TPSA) is 39.7 Å². The predicted octanol–water partition coefficient (Wildman–Crippen LogP) is 1.67. The van der Waals surface area contributed by atoms with Crippen LogP contribution in [-0.2, 0) is 6.54 Å². The quantitative estimate of drug-likeness (QED) is 0.609. The van der Waals surface area contributed by atoms with E-state index in [9.17, 15) is 0 Å². The number of hydrogen-bond donors (Lipinski definition) is 2. The van der Waals surface area contributed by atoms with Crippen LogP contribution in [0.3, 0.4) is 0 Å². The summed E-state index contributed by atoms with van der Waals surface area (Å²) in [5, 5.41) is 6.64. The molecule has 1 rings (SSSR count). The van der Waals surface area contributed by atoms with Crippen LogP contribution >= 0.6 is 11.3 Å². The highest BCUT2D eigenvalue weighted by atomic mass is 32.1. The molecule has 0 radical (unpaired) electrons. The van der Waals surface area contributed by atoms with Gasteiger partial charge in [-0.25, -0.2) is 0 Å². The van der Waals surface area contributed by atoms with Crippen molar-refractivity contribution < 1.29 is 0 Å². The fraction of sp³-hybridized carbons (Fsp3) is 0.615. The molecule has 0 saturated carbocycles. The number of rotatable bonds is 6. The molecular formula is C13H24N4S. The SMILES string of the molecule is CCN(C)CCNC(=NC)NCc1ccc(C)s1. The normalized spacial score (nSPS) is 11.9. The van der Waals surface area contributed by atoms with Crippen LogP contribution in [-0.4, -0.2) is 44.6 Å². The van der Waals surface area contributed by atoms with Crippen molar-refractivity contribution in [2.45, 2.75) is 20.4 Å². The van der Waals surface area contributed by atoms with Crippen LogP contribution < -0.4 is 10.6 Å². The number of nitrogens with one attached hydrogen (secondary N) is 2. The average Bonchev–Trinajstić information content (AvgIpc) is 2.79. The lowest BCUT2D eigenvalue weighted by Crippen LogP contribution is -2.40. The van der Waals surface area contributed by atoms with Gasteiger partial charge in [-0.3, -0.25) is 4.99 Å². The molecule has 1 aromatic heterocycles. The molecule has 5 heteroatoms. The van der Waals surface area contributed by atoms with Crippen LogP contribution in [0.1, 0.15) is 16.7 Å². The molecule has 1 aromatic rings. The fourth-order valence-electron chi connectivity index (χ4n) is 1.49. The van der Waals surface area contributed by atoms with Gasteiger partial charge in [-0.15, -0.1) is 11.3 Å². The number of aliphatic imine (C=N–C) groups is 1. The zero-order valence-corrected chi connectivity index (χ0v) is 12.6. The molecule has 0 amide bonds.